The molecule has 0 aliphatic heterocycles. The molecule has 114 valence electrons. The molecule has 4 heteroatoms. The van der Waals surface area contributed by atoms with Crippen molar-refractivity contribution in [3.63, 3.8) is 0 Å². The van der Waals surface area contributed by atoms with Gasteiger partial charge in [-0.3, -0.25) is 9.69 Å². The molecule has 0 radical (unpaired) electrons. The monoisotopic (exact) mass is 280 g/mol. The number of rotatable bonds is 8. The molecule has 20 heavy (non-hydrogen) atoms. The van der Waals surface area contributed by atoms with Crippen LogP contribution in [0.4, 0.5) is 0 Å². The molecule has 0 aliphatic carbocycles. The molecule has 1 rings (SSSR count). The van der Waals surface area contributed by atoms with Crippen LogP contribution < -0.4 is 5.43 Å². The maximum Gasteiger partial charge on any atom is 0.223 e. The summed E-state index contributed by atoms with van der Waals surface area (Å²) in [5, 5.41) is 9.62. The van der Waals surface area contributed by atoms with Crippen molar-refractivity contribution in [3.05, 3.63) is 28.2 Å². The van der Waals surface area contributed by atoms with Crippen LogP contribution in [0, 0.1) is 5.92 Å². The number of aromatic hydroxyl groups is 1. The maximum absolute atomic E-state index is 11.7. The number of hydrogen-bond acceptors (Lipinski definition) is 3. The van der Waals surface area contributed by atoms with Gasteiger partial charge in [0, 0.05) is 24.8 Å². The van der Waals surface area contributed by atoms with Gasteiger partial charge < -0.3 is 9.67 Å². The molecule has 0 saturated heterocycles. The Balaban J connectivity index is 2.95. The smallest absolute Gasteiger partial charge is 0.223 e. The summed E-state index contributed by atoms with van der Waals surface area (Å²) in [6.07, 6.45) is 3.91. The van der Waals surface area contributed by atoms with Gasteiger partial charge in [-0.15, -0.1) is 0 Å². The van der Waals surface area contributed by atoms with Crippen molar-refractivity contribution in [3.8, 4) is 5.75 Å². The Bertz CT molecular complexity index is 466. The van der Waals surface area contributed by atoms with E-state index in [1.165, 1.54) is 12.8 Å². The van der Waals surface area contributed by atoms with Crippen molar-refractivity contribution in [2.45, 2.75) is 53.6 Å². The van der Waals surface area contributed by atoms with Crippen molar-refractivity contribution in [1.29, 1.82) is 0 Å². The SMILES string of the molecule is CCCCN(CC)Cc1cc(=O)c(O)cn1CC(C)C. The third kappa shape index (κ3) is 5.00. The molecule has 0 saturated carbocycles. The summed E-state index contributed by atoms with van der Waals surface area (Å²) in [5.41, 5.74) is 0.700. The Hall–Kier alpha value is -1.29. The first-order valence-corrected chi connectivity index (χ1v) is 7.62. The van der Waals surface area contributed by atoms with Crippen LogP contribution >= 0.6 is 0 Å². The van der Waals surface area contributed by atoms with E-state index in [1.54, 1.807) is 12.3 Å². The Labute approximate surface area is 122 Å². The second-order valence-electron chi connectivity index (χ2n) is 5.78. The van der Waals surface area contributed by atoms with Crippen LogP contribution in [0.15, 0.2) is 17.1 Å². The van der Waals surface area contributed by atoms with Gasteiger partial charge in [-0.25, -0.2) is 0 Å². The Morgan fingerprint density at radius 2 is 2.05 bits per heavy atom. The molecular formula is C16H28N2O2. The van der Waals surface area contributed by atoms with Crippen LogP contribution in [0.2, 0.25) is 0 Å². The predicted molar refractivity (Wildman–Crippen MR) is 83.1 cm³/mol. The second kappa shape index (κ2) is 8.10. The number of pyridine rings is 1. The summed E-state index contributed by atoms with van der Waals surface area (Å²) in [6.45, 7) is 12.2. The van der Waals surface area contributed by atoms with E-state index >= 15 is 0 Å². The first kappa shape index (κ1) is 16.8. The highest BCUT2D eigenvalue weighted by atomic mass is 16.3. The lowest BCUT2D eigenvalue weighted by Crippen LogP contribution is -2.27. The van der Waals surface area contributed by atoms with Gasteiger partial charge in [0.2, 0.25) is 5.43 Å². The fourth-order valence-corrected chi connectivity index (χ4v) is 2.26. The maximum atomic E-state index is 11.7. The molecule has 1 aromatic heterocycles. The van der Waals surface area contributed by atoms with E-state index in [2.05, 4.69) is 32.6 Å². The fourth-order valence-electron chi connectivity index (χ4n) is 2.26. The van der Waals surface area contributed by atoms with Gasteiger partial charge in [0.25, 0.3) is 0 Å². The van der Waals surface area contributed by atoms with Crippen molar-refractivity contribution in [2.24, 2.45) is 5.92 Å². The summed E-state index contributed by atoms with van der Waals surface area (Å²) in [6, 6.07) is 1.58. The van der Waals surface area contributed by atoms with Crippen LogP contribution in [0.3, 0.4) is 0 Å². The van der Waals surface area contributed by atoms with Gasteiger partial charge in [0.15, 0.2) is 5.75 Å². The van der Waals surface area contributed by atoms with Crippen molar-refractivity contribution in [1.82, 2.24) is 9.47 Å². The molecule has 1 N–H and O–H groups in total. The molecule has 1 aromatic rings. The van der Waals surface area contributed by atoms with Crippen molar-refractivity contribution < 1.29 is 5.11 Å². The molecule has 0 amide bonds. The highest BCUT2D eigenvalue weighted by Gasteiger charge is 2.10. The van der Waals surface area contributed by atoms with Gasteiger partial charge in [0.05, 0.1) is 6.20 Å². The van der Waals surface area contributed by atoms with Gasteiger partial charge in [0.1, 0.15) is 0 Å². The summed E-state index contributed by atoms with van der Waals surface area (Å²) >= 11 is 0. The lowest BCUT2D eigenvalue weighted by molar-refractivity contribution is 0.265. The average molecular weight is 280 g/mol. The largest absolute Gasteiger partial charge is 0.503 e. The highest BCUT2D eigenvalue weighted by Crippen LogP contribution is 2.11. The summed E-state index contributed by atoms with van der Waals surface area (Å²) in [7, 11) is 0. The van der Waals surface area contributed by atoms with E-state index in [1.807, 2.05) is 4.57 Å². The molecule has 0 bridgehead atoms. The van der Waals surface area contributed by atoms with Gasteiger partial charge in [-0.1, -0.05) is 34.1 Å². The quantitative estimate of drug-likeness (QED) is 0.796. The van der Waals surface area contributed by atoms with Gasteiger partial charge >= 0.3 is 0 Å². The van der Waals surface area contributed by atoms with E-state index in [-0.39, 0.29) is 11.2 Å². The summed E-state index contributed by atoms with van der Waals surface area (Å²) in [4.78, 5) is 14.0. The van der Waals surface area contributed by atoms with Crippen LogP contribution in [-0.4, -0.2) is 27.7 Å². The molecular weight excluding hydrogens is 252 g/mol. The minimum absolute atomic E-state index is 0.161. The lowest BCUT2D eigenvalue weighted by atomic mass is 10.2. The van der Waals surface area contributed by atoms with Crippen LogP contribution in [-0.2, 0) is 13.1 Å². The number of hydrogen-bond donors (Lipinski definition) is 1. The number of aromatic nitrogens is 1. The molecule has 1 heterocycles. The first-order chi connectivity index (χ1) is 9.47. The Morgan fingerprint density at radius 3 is 2.60 bits per heavy atom. The van der Waals surface area contributed by atoms with E-state index in [0.29, 0.717) is 5.92 Å². The van der Waals surface area contributed by atoms with E-state index < -0.39 is 0 Å². The number of nitrogens with zero attached hydrogens (tertiary/aromatic N) is 2. The zero-order valence-electron chi connectivity index (χ0n) is 13.2. The van der Waals surface area contributed by atoms with E-state index in [9.17, 15) is 9.90 Å². The molecule has 4 nitrogen and oxygen atoms in total. The lowest BCUT2D eigenvalue weighted by Gasteiger charge is -2.23. The Kier molecular flexibility index (Phi) is 6.79. The van der Waals surface area contributed by atoms with Crippen LogP contribution in [0.5, 0.6) is 5.75 Å². The molecule has 0 aliphatic rings. The first-order valence-electron chi connectivity index (χ1n) is 7.62. The zero-order valence-corrected chi connectivity index (χ0v) is 13.2. The molecule has 0 unspecified atom stereocenters. The normalized spacial score (nSPS) is 11.5. The third-order valence-corrected chi connectivity index (χ3v) is 3.42. The topological polar surface area (TPSA) is 45.5 Å². The minimum Gasteiger partial charge on any atom is -0.503 e. The highest BCUT2D eigenvalue weighted by molar-refractivity contribution is 5.20. The molecule has 0 atom stereocenters. The van der Waals surface area contributed by atoms with Crippen LogP contribution in [0.1, 0.15) is 46.2 Å². The molecule has 0 spiro atoms. The molecule has 0 fully saturated rings. The number of unbranched alkanes of at least 4 members (excludes halogenated alkanes) is 1. The third-order valence-electron chi connectivity index (χ3n) is 3.42. The fraction of sp³-hybridized carbons (Fsp3) is 0.688. The van der Waals surface area contributed by atoms with Gasteiger partial charge in [-0.2, -0.15) is 0 Å². The second-order valence-corrected chi connectivity index (χ2v) is 5.78. The molecule has 0 aromatic carbocycles. The van der Waals surface area contributed by atoms with Crippen molar-refractivity contribution in [2.75, 3.05) is 13.1 Å². The van der Waals surface area contributed by atoms with Crippen molar-refractivity contribution >= 4 is 0 Å². The standard InChI is InChI=1S/C16H28N2O2/c1-5-7-8-17(6-2)11-14-9-15(19)16(20)12-18(14)10-13(3)4/h9,12-13,20H,5-8,10-11H2,1-4H3. The van der Waals surface area contributed by atoms with E-state index in [0.717, 1.165) is 31.9 Å². The predicted octanol–water partition coefficient (Wildman–Crippen LogP) is 2.83. The summed E-state index contributed by atoms with van der Waals surface area (Å²) < 4.78 is 2.01. The van der Waals surface area contributed by atoms with Crippen LogP contribution in [0.25, 0.3) is 0 Å². The van der Waals surface area contributed by atoms with E-state index in [4.69, 9.17) is 0 Å². The average Bonchev–Trinajstić information content (AvgIpc) is 2.39. The Morgan fingerprint density at radius 1 is 1.35 bits per heavy atom. The minimum atomic E-state index is -0.286. The zero-order chi connectivity index (χ0) is 15.1. The van der Waals surface area contributed by atoms with Gasteiger partial charge in [-0.05, 0) is 25.4 Å². The summed E-state index contributed by atoms with van der Waals surface area (Å²) in [5.74, 6) is 0.312.